The molecule has 0 saturated heterocycles. The highest BCUT2D eigenvalue weighted by molar-refractivity contribution is 5.43. The van der Waals surface area contributed by atoms with E-state index < -0.39 is 0 Å². The molecule has 4 heteroatoms. The van der Waals surface area contributed by atoms with E-state index in [1.54, 1.807) is 12.4 Å². The van der Waals surface area contributed by atoms with Crippen LogP contribution in [0.5, 0.6) is 0 Å². The second-order valence-electron chi connectivity index (χ2n) is 4.99. The molecule has 1 aromatic heterocycles. The lowest BCUT2D eigenvalue weighted by molar-refractivity contribution is 0.869. The molecule has 0 bridgehead atoms. The molecule has 0 aliphatic rings. The first-order valence-electron chi connectivity index (χ1n) is 7.08. The Kier molecular flexibility index (Phi) is 4.93. The van der Waals surface area contributed by atoms with Crippen molar-refractivity contribution in [2.24, 2.45) is 0 Å². The largest absolute Gasteiger partial charge is 0.369 e. The third-order valence-electron chi connectivity index (χ3n) is 3.13. The van der Waals surface area contributed by atoms with Crippen LogP contribution >= 0.6 is 0 Å². The van der Waals surface area contributed by atoms with Crippen molar-refractivity contribution in [3.63, 3.8) is 0 Å². The Morgan fingerprint density at radius 3 is 2.50 bits per heavy atom. The Morgan fingerprint density at radius 2 is 1.80 bits per heavy atom. The van der Waals surface area contributed by atoms with Crippen LogP contribution in [-0.4, -0.2) is 16.5 Å². The number of hydrogen-bond donors (Lipinski definition) is 2. The van der Waals surface area contributed by atoms with E-state index in [4.69, 9.17) is 0 Å². The fourth-order valence-corrected chi connectivity index (χ4v) is 1.93. The zero-order valence-corrected chi connectivity index (χ0v) is 12.4. The number of nitrogens with zero attached hydrogens (tertiary/aromatic N) is 2. The number of hydrogen-bond acceptors (Lipinski definition) is 4. The standard InChI is InChI=1S/C16H22N4/c1-4-9-18-15-10-17-11-16(20-15)19-13(3)14-7-5-12(2)6-8-14/h5-8,10-11,13H,4,9H2,1-3H3,(H2,18,19,20). The third-order valence-corrected chi connectivity index (χ3v) is 3.13. The SMILES string of the molecule is CCCNc1cncc(NC(C)c2ccc(C)cc2)n1. The first-order valence-corrected chi connectivity index (χ1v) is 7.08. The minimum atomic E-state index is 0.200. The average molecular weight is 270 g/mol. The van der Waals surface area contributed by atoms with Gasteiger partial charge >= 0.3 is 0 Å². The van der Waals surface area contributed by atoms with Crippen molar-refractivity contribution < 1.29 is 0 Å². The van der Waals surface area contributed by atoms with Gasteiger partial charge in [0.05, 0.1) is 12.4 Å². The van der Waals surface area contributed by atoms with Crippen molar-refractivity contribution >= 4 is 11.6 Å². The summed E-state index contributed by atoms with van der Waals surface area (Å²) in [4.78, 5) is 8.72. The van der Waals surface area contributed by atoms with Crippen LogP contribution in [-0.2, 0) is 0 Å². The van der Waals surface area contributed by atoms with E-state index in [1.807, 2.05) is 0 Å². The second kappa shape index (κ2) is 6.89. The summed E-state index contributed by atoms with van der Waals surface area (Å²) in [7, 11) is 0. The van der Waals surface area contributed by atoms with Gasteiger partial charge in [0.1, 0.15) is 11.6 Å². The molecule has 0 amide bonds. The maximum absolute atomic E-state index is 4.51. The van der Waals surface area contributed by atoms with Gasteiger partial charge in [0.2, 0.25) is 0 Å². The second-order valence-corrected chi connectivity index (χ2v) is 4.99. The summed E-state index contributed by atoms with van der Waals surface area (Å²) in [5.41, 5.74) is 2.51. The number of aryl methyl sites for hydroxylation is 1. The molecule has 2 rings (SSSR count). The number of benzene rings is 1. The molecule has 0 fully saturated rings. The fraction of sp³-hybridized carbons (Fsp3) is 0.375. The zero-order chi connectivity index (χ0) is 14.4. The van der Waals surface area contributed by atoms with Crippen molar-refractivity contribution in [1.29, 1.82) is 0 Å². The van der Waals surface area contributed by atoms with Crippen molar-refractivity contribution in [2.45, 2.75) is 33.2 Å². The molecule has 0 spiro atoms. The van der Waals surface area contributed by atoms with Crippen LogP contribution in [0.4, 0.5) is 11.6 Å². The van der Waals surface area contributed by atoms with Crippen molar-refractivity contribution in [3.8, 4) is 0 Å². The summed E-state index contributed by atoms with van der Waals surface area (Å²) in [6, 6.07) is 8.72. The molecule has 1 heterocycles. The van der Waals surface area contributed by atoms with Gasteiger partial charge in [-0.1, -0.05) is 36.8 Å². The quantitative estimate of drug-likeness (QED) is 0.838. The predicted molar refractivity (Wildman–Crippen MR) is 84.0 cm³/mol. The summed E-state index contributed by atoms with van der Waals surface area (Å²) in [6.07, 6.45) is 4.57. The molecule has 0 aliphatic carbocycles. The first-order chi connectivity index (χ1) is 9.69. The van der Waals surface area contributed by atoms with E-state index in [1.165, 1.54) is 11.1 Å². The molecule has 2 aromatic rings. The average Bonchev–Trinajstić information content (AvgIpc) is 2.46. The Labute approximate surface area is 120 Å². The van der Waals surface area contributed by atoms with Gasteiger partial charge in [0.15, 0.2) is 0 Å². The van der Waals surface area contributed by atoms with E-state index >= 15 is 0 Å². The smallest absolute Gasteiger partial charge is 0.147 e. The maximum atomic E-state index is 4.51. The van der Waals surface area contributed by atoms with Gasteiger partial charge in [0.25, 0.3) is 0 Å². The lowest BCUT2D eigenvalue weighted by Crippen LogP contribution is -2.10. The van der Waals surface area contributed by atoms with E-state index in [0.29, 0.717) is 0 Å². The van der Waals surface area contributed by atoms with Gasteiger partial charge in [-0.15, -0.1) is 0 Å². The number of aromatic nitrogens is 2. The highest BCUT2D eigenvalue weighted by atomic mass is 15.1. The first kappa shape index (κ1) is 14.3. The molecule has 0 saturated carbocycles. The molecule has 106 valence electrons. The van der Waals surface area contributed by atoms with Crippen molar-refractivity contribution in [1.82, 2.24) is 9.97 Å². The Hall–Kier alpha value is -2.10. The summed E-state index contributed by atoms with van der Waals surface area (Å²) in [6.45, 7) is 7.25. The molecule has 0 radical (unpaired) electrons. The summed E-state index contributed by atoms with van der Waals surface area (Å²) in [5.74, 6) is 1.60. The van der Waals surface area contributed by atoms with Crippen molar-refractivity contribution in [2.75, 3.05) is 17.2 Å². The molecule has 2 N–H and O–H groups in total. The number of nitrogens with one attached hydrogen (secondary N) is 2. The van der Waals surface area contributed by atoms with Gasteiger partial charge in [-0.25, -0.2) is 4.98 Å². The number of anilines is 2. The highest BCUT2D eigenvalue weighted by Gasteiger charge is 2.06. The van der Waals surface area contributed by atoms with E-state index in [-0.39, 0.29) is 6.04 Å². The Morgan fingerprint density at radius 1 is 1.10 bits per heavy atom. The summed E-state index contributed by atoms with van der Waals surface area (Å²) < 4.78 is 0. The van der Waals surface area contributed by atoms with Crippen LogP contribution in [0.2, 0.25) is 0 Å². The molecule has 20 heavy (non-hydrogen) atoms. The van der Waals surface area contributed by atoms with Crippen LogP contribution in [0.1, 0.15) is 37.4 Å². The maximum Gasteiger partial charge on any atom is 0.147 e. The van der Waals surface area contributed by atoms with Gasteiger partial charge in [-0.3, -0.25) is 4.98 Å². The van der Waals surface area contributed by atoms with Crippen LogP contribution in [0.25, 0.3) is 0 Å². The van der Waals surface area contributed by atoms with Crippen molar-refractivity contribution in [3.05, 3.63) is 47.8 Å². The molecule has 0 aliphatic heterocycles. The molecule has 1 atom stereocenters. The van der Waals surface area contributed by atoms with Crippen LogP contribution in [0, 0.1) is 6.92 Å². The molecular formula is C16H22N4. The van der Waals surface area contributed by atoms with Crippen LogP contribution in [0.15, 0.2) is 36.7 Å². The number of rotatable bonds is 6. The highest BCUT2D eigenvalue weighted by Crippen LogP contribution is 2.18. The predicted octanol–water partition coefficient (Wildman–Crippen LogP) is 3.78. The van der Waals surface area contributed by atoms with Gasteiger partial charge in [-0.2, -0.15) is 0 Å². The summed E-state index contributed by atoms with van der Waals surface area (Å²) in [5, 5.41) is 6.62. The zero-order valence-electron chi connectivity index (χ0n) is 12.4. The Bertz CT molecular complexity index is 536. The van der Waals surface area contributed by atoms with Crippen LogP contribution < -0.4 is 10.6 Å². The lowest BCUT2D eigenvalue weighted by atomic mass is 10.1. The van der Waals surface area contributed by atoms with E-state index in [0.717, 1.165) is 24.6 Å². The van der Waals surface area contributed by atoms with Gasteiger partial charge in [0, 0.05) is 12.6 Å². The summed E-state index contributed by atoms with van der Waals surface area (Å²) >= 11 is 0. The monoisotopic (exact) mass is 270 g/mol. The van der Waals surface area contributed by atoms with Gasteiger partial charge < -0.3 is 10.6 Å². The minimum absolute atomic E-state index is 0.200. The molecule has 1 unspecified atom stereocenters. The van der Waals surface area contributed by atoms with Crippen LogP contribution in [0.3, 0.4) is 0 Å². The minimum Gasteiger partial charge on any atom is -0.369 e. The molecule has 4 nitrogen and oxygen atoms in total. The topological polar surface area (TPSA) is 49.8 Å². The Balaban J connectivity index is 2.03. The van der Waals surface area contributed by atoms with E-state index in [2.05, 4.69) is 65.6 Å². The third kappa shape index (κ3) is 3.95. The molecule has 1 aromatic carbocycles. The normalized spacial score (nSPS) is 11.9. The lowest BCUT2D eigenvalue weighted by Gasteiger charge is -2.15. The molecular weight excluding hydrogens is 248 g/mol. The fourth-order valence-electron chi connectivity index (χ4n) is 1.93. The van der Waals surface area contributed by atoms with E-state index in [9.17, 15) is 0 Å². The van der Waals surface area contributed by atoms with Gasteiger partial charge in [-0.05, 0) is 25.8 Å².